The van der Waals surface area contributed by atoms with Gasteiger partial charge in [0, 0.05) is 17.8 Å². The summed E-state index contributed by atoms with van der Waals surface area (Å²) >= 11 is 5.20. The highest BCUT2D eigenvalue weighted by Gasteiger charge is 2.04. The fraction of sp³-hybridized carbons (Fsp3) is 0.105. The summed E-state index contributed by atoms with van der Waals surface area (Å²) in [6, 6.07) is 20.1. The average Bonchev–Trinajstić information content (AvgIpc) is 2.65. The van der Waals surface area contributed by atoms with Crippen molar-refractivity contribution < 1.29 is 9.66 Å². The van der Waals surface area contributed by atoms with E-state index in [1.165, 1.54) is 17.5 Å². The SMILES string of the molecule is O=[N+]([O-])c1ccc(NC(=S)NCCOc2ccc3ccccc3c2)cc1. The molecule has 0 saturated carbocycles. The number of non-ortho nitro benzene ring substituents is 1. The highest BCUT2D eigenvalue weighted by molar-refractivity contribution is 7.80. The second-order valence-corrected chi connectivity index (χ2v) is 5.95. The molecule has 0 spiro atoms. The predicted molar refractivity (Wildman–Crippen MR) is 107 cm³/mol. The molecule has 0 bridgehead atoms. The van der Waals surface area contributed by atoms with Crippen LogP contribution in [0.25, 0.3) is 10.8 Å². The number of ether oxygens (including phenoxy) is 1. The van der Waals surface area contributed by atoms with Crippen LogP contribution in [0.2, 0.25) is 0 Å². The van der Waals surface area contributed by atoms with E-state index in [2.05, 4.69) is 16.7 Å². The average molecular weight is 367 g/mol. The zero-order valence-corrected chi connectivity index (χ0v) is 14.7. The highest BCUT2D eigenvalue weighted by atomic mass is 32.1. The van der Waals surface area contributed by atoms with Crippen LogP contribution in [-0.2, 0) is 0 Å². The topological polar surface area (TPSA) is 76.4 Å². The van der Waals surface area contributed by atoms with E-state index in [-0.39, 0.29) is 5.69 Å². The van der Waals surface area contributed by atoms with Gasteiger partial charge in [0.1, 0.15) is 12.4 Å². The summed E-state index contributed by atoms with van der Waals surface area (Å²) in [6.45, 7) is 0.992. The van der Waals surface area contributed by atoms with Crippen molar-refractivity contribution in [2.75, 3.05) is 18.5 Å². The zero-order chi connectivity index (χ0) is 18.4. The van der Waals surface area contributed by atoms with Gasteiger partial charge in [-0.25, -0.2) is 0 Å². The molecular weight excluding hydrogens is 350 g/mol. The van der Waals surface area contributed by atoms with E-state index >= 15 is 0 Å². The van der Waals surface area contributed by atoms with Crippen LogP contribution in [0.5, 0.6) is 5.75 Å². The van der Waals surface area contributed by atoms with Crippen molar-refractivity contribution >= 4 is 39.5 Å². The van der Waals surface area contributed by atoms with Crippen molar-refractivity contribution in [1.29, 1.82) is 0 Å². The Labute approximate surface area is 155 Å². The molecule has 3 aromatic rings. The Morgan fingerprint density at radius 3 is 2.50 bits per heavy atom. The van der Waals surface area contributed by atoms with Crippen LogP contribution in [0.1, 0.15) is 0 Å². The number of nitro groups is 1. The molecule has 0 atom stereocenters. The molecule has 0 radical (unpaired) electrons. The zero-order valence-electron chi connectivity index (χ0n) is 13.8. The third-order valence-electron chi connectivity index (χ3n) is 3.71. The lowest BCUT2D eigenvalue weighted by Crippen LogP contribution is -2.31. The van der Waals surface area contributed by atoms with E-state index in [1.807, 2.05) is 36.4 Å². The van der Waals surface area contributed by atoms with Gasteiger partial charge in [-0.15, -0.1) is 0 Å². The fourth-order valence-electron chi connectivity index (χ4n) is 2.43. The normalized spacial score (nSPS) is 10.3. The maximum atomic E-state index is 10.6. The second kappa shape index (κ2) is 8.26. The molecular formula is C19H17N3O3S. The number of hydrogen-bond acceptors (Lipinski definition) is 4. The largest absolute Gasteiger partial charge is 0.492 e. The van der Waals surface area contributed by atoms with Crippen molar-refractivity contribution in [2.24, 2.45) is 0 Å². The predicted octanol–water partition coefficient (Wildman–Crippen LogP) is 4.11. The number of nitro benzene ring substituents is 1. The van der Waals surface area contributed by atoms with Crippen molar-refractivity contribution in [3.8, 4) is 5.75 Å². The first-order valence-electron chi connectivity index (χ1n) is 8.03. The first-order chi connectivity index (χ1) is 12.6. The van der Waals surface area contributed by atoms with E-state index in [1.54, 1.807) is 12.1 Å². The minimum atomic E-state index is -0.440. The van der Waals surface area contributed by atoms with Gasteiger partial charge in [-0.05, 0) is 47.3 Å². The molecule has 132 valence electrons. The fourth-order valence-corrected chi connectivity index (χ4v) is 2.65. The van der Waals surface area contributed by atoms with E-state index in [4.69, 9.17) is 17.0 Å². The van der Waals surface area contributed by atoms with Crippen LogP contribution in [-0.4, -0.2) is 23.2 Å². The third-order valence-corrected chi connectivity index (χ3v) is 3.96. The molecule has 26 heavy (non-hydrogen) atoms. The molecule has 2 N–H and O–H groups in total. The Balaban J connectivity index is 1.43. The Kier molecular flexibility index (Phi) is 5.60. The molecule has 0 fully saturated rings. The lowest BCUT2D eigenvalue weighted by atomic mass is 10.1. The minimum absolute atomic E-state index is 0.0400. The molecule has 0 unspecified atom stereocenters. The monoisotopic (exact) mass is 367 g/mol. The number of nitrogens with zero attached hydrogens (tertiary/aromatic N) is 1. The maximum Gasteiger partial charge on any atom is 0.269 e. The summed E-state index contributed by atoms with van der Waals surface area (Å²) in [7, 11) is 0. The Morgan fingerprint density at radius 1 is 1.04 bits per heavy atom. The van der Waals surface area contributed by atoms with E-state index in [0.717, 1.165) is 11.1 Å². The van der Waals surface area contributed by atoms with Gasteiger partial charge in [-0.3, -0.25) is 10.1 Å². The highest BCUT2D eigenvalue weighted by Crippen LogP contribution is 2.20. The van der Waals surface area contributed by atoms with Crippen molar-refractivity contribution in [3.05, 3.63) is 76.8 Å². The molecule has 0 aliphatic heterocycles. The molecule has 0 saturated heterocycles. The number of hydrogen-bond donors (Lipinski definition) is 2. The molecule has 0 amide bonds. The van der Waals surface area contributed by atoms with Crippen LogP contribution in [0.4, 0.5) is 11.4 Å². The Bertz CT molecular complexity index is 929. The Hall–Kier alpha value is -3.19. The van der Waals surface area contributed by atoms with Crippen molar-refractivity contribution in [2.45, 2.75) is 0 Å². The van der Waals surface area contributed by atoms with Gasteiger partial charge < -0.3 is 15.4 Å². The number of benzene rings is 3. The molecule has 0 aliphatic carbocycles. The van der Waals surface area contributed by atoms with Crippen LogP contribution in [0.3, 0.4) is 0 Å². The molecule has 7 heteroatoms. The van der Waals surface area contributed by atoms with E-state index < -0.39 is 4.92 Å². The van der Waals surface area contributed by atoms with Crippen LogP contribution < -0.4 is 15.4 Å². The van der Waals surface area contributed by atoms with Crippen molar-refractivity contribution in [1.82, 2.24) is 5.32 Å². The molecule has 0 aliphatic rings. The van der Waals surface area contributed by atoms with Gasteiger partial charge in [0.15, 0.2) is 5.11 Å². The van der Waals surface area contributed by atoms with Gasteiger partial charge in [0.05, 0.1) is 11.5 Å². The minimum Gasteiger partial charge on any atom is -0.492 e. The lowest BCUT2D eigenvalue weighted by molar-refractivity contribution is -0.384. The van der Waals surface area contributed by atoms with Crippen LogP contribution in [0, 0.1) is 10.1 Å². The van der Waals surface area contributed by atoms with Gasteiger partial charge in [-0.1, -0.05) is 30.3 Å². The molecule has 3 rings (SSSR count). The summed E-state index contributed by atoms with van der Waals surface area (Å²) in [6.07, 6.45) is 0. The summed E-state index contributed by atoms with van der Waals surface area (Å²) in [5.74, 6) is 0.805. The quantitative estimate of drug-likeness (QED) is 0.295. The molecule has 3 aromatic carbocycles. The van der Waals surface area contributed by atoms with Crippen LogP contribution in [0.15, 0.2) is 66.7 Å². The van der Waals surface area contributed by atoms with E-state index in [0.29, 0.717) is 24.0 Å². The maximum absolute atomic E-state index is 10.6. The number of nitrogens with one attached hydrogen (secondary N) is 2. The standard InChI is InChI=1S/C19H17N3O3S/c23-22(24)17-8-6-16(7-9-17)21-19(26)20-11-12-25-18-10-5-14-3-1-2-4-15(14)13-18/h1-10,13H,11-12H2,(H2,20,21,26). The van der Waals surface area contributed by atoms with Crippen LogP contribution >= 0.6 is 12.2 Å². The second-order valence-electron chi connectivity index (χ2n) is 5.54. The number of anilines is 1. The van der Waals surface area contributed by atoms with E-state index in [9.17, 15) is 10.1 Å². The lowest BCUT2D eigenvalue weighted by Gasteiger charge is -2.11. The van der Waals surface area contributed by atoms with Crippen molar-refractivity contribution in [3.63, 3.8) is 0 Å². The third kappa shape index (κ3) is 4.67. The first-order valence-corrected chi connectivity index (χ1v) is 8.43. The van der Waals surface area contributed by atoms with Gasteiger partial charge in [0.25, 0.3) is 5.69 Å². The van der Waals surface area contributed by atoms with Gasteiger partial charge >= 0.3 is 0 Å². The first kappa shape index (κ1) is 17.6. The molecule has 0 heterocycles. The van der Waals surface area contributed by atoms with Gasteiger partial charge in [0.2, 0.25) is 0 Å². The number of fused-ring (bicyclic) bond motifs is 1. The number of rotatable bonds is 6. The summed E-state index contributed by atoms with van der Waals surface area (Å²) in [4.78, 5) is 10.2. The summed E-state index contributed by atoms with van der Waals surface area (Å²) < 4.78 is 5.73. The van der Waals surface area contributed by atoms with Gasteiger partial charge in [-0.2, -0.15) is 0 Å². The number of thiocarbonyl (C=S) groups is 1. The Morgan fingerprint density at radius 2 is 1.77 bits per heavy atom. The molecule has 0 aromatic heterocycles. The summed E-state index contributed by atoms with van der Waals surface area (Å²) in [5.41, 5.74) is 0.724. The molecule has 6 nitrogen and oxygen atoms in total. The smallest absolute Gasteiger partial charge is 0.269 e. The summed E-state index contributed by atoms with van der Waals surface area (Å²) in [5, 5.41) is 19.4.